The fraction of sp³-hybridized carbons (Fsp3) is 0.333. The molecular formula is C18H22ClN5O2. The first kappa shape index (κ1) is 18.4. The van der Waals surface area contributed by atoms with Crippen LogP contribution in [0.3, 0.4) is 0 Å². The average Bonchev–Trinajstić information content (AvgIpc) is 3.25. The van der Waals surface area contributed by atoms with E-state index in [9.17, 15) is 9.90 Å². The predicted octanol–water partition coefficient (Wildman–Crippen LogP) is 1.29. The van der Waals surface area contributed by atoms with Crippen molar-refractivity contribution in [2.45, 2.75) is 25.4 Å². The van der Waals surface area contributed by atoms with E-state index < -0.39 is 0 Å². The maximum atomic E-state index is 12.6. The van der Waals surface area contributed by atoms with Crippen LogP contribution in [0.2, 0.25) is 0 Å². The molecule has 0 spiro atoms. The molecule has 0 bridgehead atoms. The van der Waals surface area contributed by atoms with Crippen LogP contribution in [-0.4, -0.2) is 45.4 Å². The van der Waals surface area contributed by atoms with Crippen LogP contribution in [0.5, 0.6) is 0 Å². The number of fused-ring (bicyclic) bond motifs is 2. The second-order valence-electron chi connectivity index (χ2n) is 6.37. The zero-order valence-electron chi connectivity index (χ0n) is 14.2. The molecule has 2 aromatic heterocycles. The molecule has 4 rings (SSSR count). The Morgan fingerprint density at radius 2 is 2.19 bits per heavy atom. The van der Waals surface area contributed by atoms with Gasteiger partial charge < -0.3 is 20.7 Å². The monoisotopic (exact) mass is 375 g/mol. The lowest BCUT2D eigenvalue weighted by molar-refractivity contribution is 0.0910. The summed E-state index contributed by atoms with van der Waals surface area (Å²) in [5.41, 5.74) is 4.47. The van der Waals surface area contributed by atoms with Crippen molar-refractivity contribution in [1.82, 2.24) is 25.8 Å². The van der Waals surface area contributed by atoms with Gasteiger partial charge in [-0.25, -0.2) is 0 Å². The average molecular weight is 376 g/mol. The Kier molecular flexibility index (Phi) is 5.61. The van der Waals surface area contributed by atoms with E-state index in [1.54, 1.807) is 0 Å². The van der Waals surface area contributed by atoms with Crippen LogP contribution in [-0.2, 0) is 19.4 Å². The topological polar surface area (TPSA) is 106 Å². The van der Waals surface area contributed by atoms with Gasteiger partial charge >= 0.3 is 0 Å². The third-order valence-electron chi connectivity index (χ3n) is 4.72. The molecule has 5 N–H and O–H groups in total. The van der Waals surface area contributed by atoms with Crippen molar-refractivity contribution in [3.63, 3.8) is 0 Å². The zero-order chi connectivity index (χ0) is 17.2. The molecule has 7 nitrogen and oxygen atoms in total. The summed E-state index contributed by atoms with van der Waals surface area (Å²) in [6.07, 6.45) is 3.32. The lowest BCUT2D eigenvalue weighted by Crippen LogP contribution is -2.40. The summed E-state index contributed by atoms with van der Waals surface area (Å²) < 4.78 is 0. The second-order valence-corrected chi connectivity index (χ2v) is 6.37. The number of aliphatic hydroxyl groups excluding tert-OH is 1. The minimum absolute atomic E-state index is 0. The standard InChI is InChI=1S/C18H21N5O2.ClH/c24-10-12(7-11-8-20-15-4-2-1-3-13(11)15)21-18(25)17-14-9-19-6-5-16(14)22-23-17;/h1-4,8,12,19-20,24H,5-7,9-10H2,(H,21,25)(H,22,23);1H. The lowest BCUT2D eigenvalue weighted by Gasteiger charge is -2.17. The first-order chi connectivity index (χ1) is 12.3. The molecule has 8 heteroatoms. The number of H-pyrrole nitrogens is 2. The van der Waals surface area contributed by atoms with Crippen molar-refractivity contribution in [2.75, 3.05) is 13.2 Å². The van der Waals surface area contributed by atoms with Crippen molar-refractivity contribution >= 4 is 29.2 Å². The number of halogens is 1. The Labute approximate surface area is 157 Å². The Morgan fingerprint density at radius 3 is 3.04 bits per heavy atom. The summed E-state index contributed by atoms with van der Waals surface area (Å²) in [5, 5.41) is 24.1. The van der Waals surface area contributed by atoms with Crippen molar-refractivity contribution in [1.29, 1.82) is 0 Å². The summed E-state index contributed by atoms with van der Waals surface area (Å²) in [7, 11) is 0. The third kappa shape index (κ3) is 3.46. The molecule has 1 aromatic carbocycles. The number of amides is 1. The van der Waals surface area contributed by atoms with Crippen LogP contribution in [0.1, 0.15) is 27.3 Å². The van der Waals surface area contributed by atoms with Gasteiger partial charge in [-0.1, -0.05) is 18.2 Å². The number of hydrogen-bond acceptors (Lipinski definition) is 4. The number of aromatic nitrogens is 3. The van der Waals surface area contributed by atoms with Gasteiger partial charge in [-0.15, -0.1) is 12.4 Å². The number of aromatic amines is 2. The highest BCUT2D eigenvalue weighted by Gasteiger charge is 2.23. The van der Waals surface area contributed by atoms with Gasteiger partial charge in [0.25, 0.3) is 5.91 Å². The normalized spacial score (nSPS) is 14.5. The van der Waals surface area contributed by atoms with Crippen LogP contribution >= 0.6 is 12.4 Å². The van der Waals surface area contributed by atoms with Crippen molar-refractivity contribution < 1.29 is 9.90 Å². The van der Waals surface area contributed by atoms with Gasteiger partial charge in [0.2, 0.25) is 0 Å². The number of aliphatic hydroxyl groups is 1. The van der Waals surface area contributed by atoms with Crippen LogP contribution in [0.25, 0.3) is 10.9 Å². The number of rotatable bonds is 5. The fourth-order valence-electron chi connectivity index (χ4n) is 3.39. The molecule has 138 valence electrons. The quantitative estimate of drug-likeness (QED) is 0.463. The number of hydrogen-bond donors (Lipinski definition) is 5. The lowest BCUT2D eigenvalue weighted by atomic mass is 10.0. The van der Waals surface area contributed by atoms with E-state index in [1.807, 2.05) is 30.5 Å². The van der Waals surface area contributed by atoms with Crippen molar-refractivity contribution in [2.24, 2.45) is 0 Å². The van der Waals surface area contributed by atoms with Crippen molar-refractivity contribution in [3.05, 3.63) is 53.0 Å². The Hall–Kier alpha value is -2.35. The highest BCUT2D eigenvalue weighted by Crippen LogP contribution is 2.20. The van der Waals surface area contributed by atoms with E-state index in [0.29, 0.717) is 18.7 Å². The van der Waals surface area contributed by atoms with E-state index in [-0.39, 0.29) is 31.0 Å². The second kappa shape index (κ2) is 7.90. The molecule has 1 unspecified atom stereocenters. The van der Waals surface area contributed by atoms with Crippen LogP contribution < -0.4 is 10.6 Å². The Balaban J connectivity index is 0.00000196. The number of benzene rings is 1. The van der Waals surface area contributed by atoms with Crippen molar-refractivity contribution in [3.8, 4) is 0 Å². The van der Waals surface area contributed by atoms with E-state index in [0.717, 1.165) is 40.7 Å². The minimum Gasteiger partial charge on any atom is -0.394 e. The number of para-hydroxylation sites is 1. The molecular weight excluding hydrogens is 354 g/mol. The molecule has 0 aliphatic carbocycles. The molecule has 0 saturated heterocycles. The van der Waals surface area contributed by atoms with Gasteiger partial charge in [0.15, 0.2) is 5.69 Å². The van der Waals surface area contributed by atoms with Crippen LogP contribution in [0, 0.1) is 0 Å². The first-order valence-electron chi connectivity index (χ1n) is 8.50. The molecule has 26 heavy (non-hydrogen) atoms. The number of nitrogens with one attached hydrogen (secondary N) is 4. The summed E-state index contributed by atoms with van der Waals surface area (Å²) in [6.45, 7) is 1.40. The molecule has 1 amide bonds. The highest BCUT2D eigenvalue weighted by atomic mass is 35.5. The Bertz CT molecular complexity index is 904. The fourth-order valence-corrected chi connectivity index (χ4v) is 3.39. The highest BCUT2D eigenvalue weighted by molar-refractivity contribution is 5.94. The van der Waals surface area contributed by atoms with Gasteiger partial charge in [-0.2, -0.15) is 5.10 Å². The van der Waals surface area contributed by atoms with Gasteiger partial charge in [0, 0.05) is 47.9 Å². The smallest absolute Gasteiger partial charge is 0.272 e. The summed E-state index contributed by atoms with van der Waals surface area (Å²) in [4.78, 5) is 15.8. The number of nitrogens with zero attached hydrogens (tertiary/aromatic N) is 1. The Morgan fingerprint density at radius 1 is 1.35 bits per heavy atom. The van der Waals surface area contributed by atoms with Gasteiger partial charge in [-0.05, 0) is 18.1 Å². The number of carbonyl (C=O) groups is 1. The summed E-state index contributed by atoms with van der Waals surface area (Å²) in [6, 6.07) is 7.63. The molecule has 1 aliphatic rings. The van der Waals surface area contributed by atoms with E-state index in [4.69, 9.17) is 0 Å². The van der Waals surface area contributed by atoms with Crippen LogP contribution in [0.15, 0.2) is 30.5 Å². The molecule has 1 atom stereocenters. The molecule has 3 aromatic rings. The van der Waals surface area contributed by atoms with Gasteiger partial charge in [0.1, 0.15) is 0 Å². The van der Waals surface area contributed by atoms with Gasteiger partial charge in [0.05, 0.1) is 12.6 Å². The van der Waals surface area contributed by atoms with E-state index >= 15 is 0 Å². The molecule has 0 fully saturated rings. The molecule has 3 heterocycles. The minimum atomic E-state index is -0.365. The predicted molar refractivity (Wildman–Crippen MR) is 102 cm³/mol. The van der Waals surface area contributed by atoms with Crippen LogP contribution in [0.4, 0.5) is 0 Å². The maximum absolute atomic E-state index is 12.6. The molecule has 0 radical (unpaired) electrons. The number of carbonyl (C=O) groups excluding carboxylic acids is 1. The van der Waals surface area contributed by atoms with Gasteiger partial charge in [-0.3, -0.25) is 9.89 Å². The summed E-state index contributed by atoms with van der Waals surface area (Å²) in [5.74, 6) is -0.250. The SMILES string of the molecule is Cl.O=C(NC(CO)Cc1c[nH]c2ccccc12)c1n[nH]c2c1CNCC2. The third-order valence-corrected chi connectivity index (χ3v) is 4.72. The van der Waals surface area contributed by atoms with E-state index in [2.05, 4.69) is 25.8 Å². The maximum Gasteiger partial charge on any atom is 0.272 e. The molecule has 0 saturated carbocycles. The molecule has 1 aliphatic heterocycles. The first-order valence-corrected chi connectivity index (χ1v) is 8.50. The summed E-state index contributed by atoms with van der Waals surface area (Å²) >= 11 is 0. The zero-order valence-corrected chi connectivity index (χ0v) is 15.0. The largest absolute Gasteiger partial charge is 0.394 e. The van der Waals surface area contributed by atoms with E-state index in [1.165, 1.54) is 0 Å².